The molecule has 28 heavy (non-hydrogen) atoms. The topological polar surface area (TPSA) is 76.7 Å². The van der Waals surface area contributed by atoms with E-state index in [9.17, 15) is 9.59 Å². The Morgan fingerprint density at radius 2 is 1.96 bits per heavy atom. The Labute approximate surface area is 165 Å². The summed E-state index contributed by atoms with van der Waals surface area (Å²) >= 11 is 0. The van der Waals surface area contributed by atoms with E-state index in [1.54, 1.807) is 31.2 Å². The highest BCUT2D eigenvalue weighted by Gasteiger charge is 2.23. The zero-order chi connectivity index (χ0) is 20.3. The molecule has 6 heteroatoms. The molecule has 0 spiro atoms. The predicted octanol–water partition coefficient (Wildman–Crippen LogP) is 4.05. The number of benzene rings is 2. The number of fused-ring (bicyclic) bond motifs is 1. The number of rotatable bonds is 7. The van der Waals surface area contributed by atoms with Gasteiger partial charge in [0.2, 0.25) is 5.91 Å². The van der Waals surface area contributed by atoms with Gasteiger partial charge in [0.15, 0.2) is 5.78 Å². The van der Waals surface area contributed by atoms with Crippen LogP contribution in [0.1, 0.15) is 43.6 Å². The highest BCUT2D eigenvalue weighted by atomic mass is 16.5. The van der Waals surface area contributed by atoms with E-state index in [0.717, 1.165) is 23.4 Å². The summed E-state index contributed by atoms with van der Waals surface area (Å²) in [5.74, 6) is 1.34. The predicted molar refractivity (Wildman–Crippen MR) is 110 cm³/mol. The van der Waals surface area contributed by atoms with E-state index in [0.29, 0.717) is 23.6 Å². The van der Waals surface area contributed by atoms with Gasteiger partial charge in [-0.1, -0.05) is 0 Å². The molecule has 0 radical (unpaired) electrons. The number of Topliss-reactive ketones (excluding diaryl/α,β-unsaturated/α-hetero) is 1. The number of ether oxygens (including phenoxy) is 2. The number of hydrogen-bond acceptors (Lipinski definition) is 5. The van der Waals surface area contributed by atoms with E-state index in [-0.39, 0.29) is 17.8 Å². The Balaban J connectivity index is 1.71. The standard InChI is InChI=1S/C22H26N2O4/c1-5-27-21-11-17-10-13(2)28-20(17)12-19(21)23-14(3)22(26)24-18-8-6-16(7-9-18)15(4)25/h6-9,11-14,23H,5,10H2,1-4H3,(H,24,26)/t13-,14-/m0/s1. The van der Waals surface area contributed by atoms with Crippen LogP contribution in [0.3, 0.4) is 0 Å². The van der Waals surface area contributed by atoms with Gasteiger partial charge in [-0.3, -0.25) is 9.59 Å². The van der Waals surface area contributed by atoms with Crippen molar-refractivity contribution in [1.29, 1.82) is 0 Å². The molecule has 1 aliphatic heterocycles. The Bertz CT molecular complexity index is 877. The summed E-state index contributed by atoms with van der Waals surface area (Å²) in [5.41, 5.74) is 3.09. The molecule has 0 saturated carbocycles. The van der Waals surface area contributed by atoms with Crippen LogP contribution in [0.2, 0.25) is 0 Å². The number of nitrogens with one attached hydrogen (secondary N) is 2. The average Bonchev–Trinajstić information content (AvgIpc) is 3.01. The van der Waals surface area contributed by atoms with Crippen LogP contribution in [0.4, 0.5) is 11.4 Å². The Morgan fingerprint density at radius 3 is 2.61 bits per heavy atom. The third-order valence-corrected chi connectivity index (χ3v) is 4.62. The van der Waals surface area contributed by atoms with Gasteiger partial charge < -0.3 is 20.1 Å². The highest BCUT2D eigenvalue weighted by molar-refractivity contribution is 5.98. The minimum absolute atomic E-state index is 0.00971. The van der Waals surface area contributed by atoms with Crippen LogP contribution in [0.25, 0.3) is 0 Å². The molecule has 2 N–H and O–H groups in total. The molecule has 0 saturated heterocycles. The van der Waals surface area contributed by atoms with Crippen molar-refractivity contribution < 1.29 is 19.1 Å². The molecule has 1 heterocycles. The fraction of sp³-hybridized carbons (Fsp3) is 0.364. The summed E-state index contributed by atoms with van der Waals surface area (Å²) in [4.78, 5) is 23.9. The molecule has 0 fully saturated rings. The first-order chi connectivity index (χ1) is 13.4. The lowest BCUT2D eigenvalue weighted by atomic mass is 10.1. The van der Waals surface area contributed by atoms with Crippen LogP contribution >= 0.6 is 0 Å². The molecule has 6 nitrogen and oxygen atoms in total. The minimum Gasteiger partial charge on any atom is -0.492 e. The van der Waals surface area contributed by atoms with Crippen LogP contribution < -0.4 is 20.1 Å². The number of carbonyl (C=O) groups excluding carboxylic acids is 2. The number of ketones is 1. The number of carbonyl (C=O) groups is 2. The first-order valence-electron chi connectivity index (χ1n) is 9.52. The molecule has 0 aromatic heterocycles. The maximum absolute atomic E-state index is 12.6. The summed E-state index contributed by atoms with van der Waals surface area (Å²) in [7, 11) is 0. The molecule has 0 bridgehead atoms. The SMILES string of the molecule is CCOc1cc2c(cc1N[C@@H](C)C(=O)Nc1ccc(C(C)=O)cc1)O[C@@H](C)C2. The van der Waals surface area contributed by atoms with E-state index < -0.39 is 6.04 Å². The Hall–Kier alpha value is -3.02. The van der Waals surface area contributed by atoms with Gasteiger partial charge in [0.05, 0.1) is 12.3 Å². The number of hydrogen-bond donors (Lipinski definition) is 2. The van der Waals surface area contributed by atoms with Crippen LogP contribution in [0, 0.1) is 0 Å². The Kier molecular flexibility index (Phi) is 5.87. The summed E-state index contributed by atoms with van der Waals surface area (Å²) in [6.45, 7) is 7.78. The summed E-state index contributed by atoms with van der Waals surface area (Å²) in [6, 6.07) is 10.2. The molecule has 0 unspecified atom stereocenters. The van der Waals surface area contributed by atoms with Gasteiger partial charge >= 0.3 is 0 Å². The molecule has 2 atom stereocenters. The largest absolute Gasteiger partial charge is 0.492 e. The fourth-order valence-corrected chi connectivity index (χ4v) is 3.16. The van der Waals surface area contributed by atoms with Crippen molar-refractivity contribution in [2.45, 2.75) is 46.3 Å². The lowest BCUT2D eigenvalue weighted by Gasteiger charge is -2.19. The van der Waals surface area contributed by atoms with Crippen LogP contribution in [0.5, 0.6) is 11.5 Å². The maximum Gasteiger partial charge on any atom is 0.246 e. The van der Waals surface area contributed by atoms with Gasteiger partial charge in [-0.2, -0.15) is 0 Å². The van der Waals surface area contributed by atoms with Gasteiger partial charge in [0.25, 0.3) is 0 Å². The molecule has 3 rings (SSSR count). The van der Waals surface area contributed by atoms with Gasteiger partial charge in [0, 0.05) is 29.3 Å². The molecule has 0 aliphatic carbocycles. The smallest absolute Gasteiger partial charge is 0.246 e. The second-order valence-corrected chi connectivity index (χ2v) is 7.01. The second kappa shape index (κ2) is 8.33. The molecule has 2 aromatic rings. The molecular weight excluding hydrogens is 356 g/mol. The van der Waals surface area contributed by atoms with E-state index in [2.05, 4.69) is 10.6 Å². The van der Waals surface area contributed by atoms with Crippen LogP contribution in [0.15, 0.2) is 36.4 Å². The zero-order valence-corrected chi connectivity index (χ0v) is 16.7. The molecule has 1 amide bonds. The van der Waals surface area contributed by atoms with Crippen molar-refractivity contribution >= 4 is 23.1 Å². The minimum atomic E-state index is -0.497. The summed E-state index contributed by atoms with van der Waals surface area (Å²) in [6.07, 6.45) is 0.987. The second-order valence-electron chi connectivity index (χ2n) is 7.01. The van der Waals surface area contributed by atoms with Crippen LogP contribution in [-0.2, 0) is 11.2 Å². The van der Waals surface area contributed by atoms with Crippen molar-refractivity contribution in [3.63, 3.8) is 0 Å². The molecule has 2 aromatic carbocycles. The normalized spacial score (nSPS) is 15.9. The number of anilines is 2. The van der Waals surface area contributed by atoms with E-state index in [4.69, 9.17) is 9.47 Å². The zero-order valence-electron chi connectivity index (χ0n) is 16.7. The quantitative estimate of drug-likeness (QED) is 0.707. The molecule has 148 valence electrons. The summed E-state index contributed by atoms with van der Waals surface area (Å²) in [5, 5.41) is 6.07. The third kappa shape index (κ3) is 4.44. The average molecular weight is 382 g/mol. The van der Waals surface area contributed by atoms with Gasteiger partial charge in [0.1, 0.15) is 23.6 Å². The fourth-order valence-electron chi connectivity index (χ4n) is 3.16. The van der Waals surface area contributed by atoms with Gasteiger partial charge in [-0.25, -0.2) is 0 Å². The van der Waals surface area contributed by atoms with E-state index in [1.807, 2.05) is 26.0 Å². The first-order valence-corrected chi connectivity index (χ1v) is 9.52. The molecular formula is C22H26N2O4. The van der Waals surface area contributed by atoms with Crippen molar-refractivity contribution in [1.82, 2.24) is 0 Å². The monoisotopic (exact) mass is 382 g/mol. The lowest BCUT2D eigenvalue weighted by molar-refractivity contribution is -0.116. The van der Waals surface area contributed by atoms with Gasteiger partial charge in [-0.05, 0) is 58.0 Å². The Morgan fingerprint density at radius 1 is 1.25 bits per heavy atom. The number of amides is 1. The highest BCUT2D eigenvalue weighted by Crippen LogP contribution is 2.38. The first kappa shape index (κ1) is 19.7. The summed E-state index contributed by atoms with van der Waals surface area (Å²) < 4.78 is 11.6. The van der Waals surface area contributed by atoms with E-state index >= 15 is 0 Å². The van der Waals surface area contributed by atoms with E-state index in [1.165, 1.54) is 6.92 Å². The molecule has 1 aliphatic rings. The van der Waals surface area contributed by atoms with Crippen molar-refractivity contribution in [3.8, 4) is 11.5 Å². The lowest BCUT2D eigenvalue weighted by Crippen LogP contribution is -2.32. The van der Waals surface area contributed by atoms with Crippen LogP contribution in [-0.4, -0.2) is 30.4 Å². The van der Waals surface area contributed by atoms with Crippen molar-refractivity contribution in [2.75, 3.05) is 17.2 Å². The van der Waals surface area contributed by atoms with Gasteiger partial charge in [-0.15, -0.1) is 0 Å². The third-order valence-electron chi connectivity index (χ3n) is 4.62. The van der Waals surface area contributed by atoms with Crippen molar-refractivity contribution in [3.05, 3.63) is 47.5 Å². The maximum atomic E-state index is 12.6. The van der Waals surface area contributed by atoms with Crippen molar-refractivity contribution in [2.24, 2.45) is 0 Å².